The van der Waals surface area contributed by atoms with Gasteiger partial charge in [0, 0.05) is 26.2 Å². The van der Waals surface area contributed by atoms with Gasteiger partial charge in [-0.05, 0) is 18.9 Å². The molecule has 6 heteroatoms. The molecule has 1 aliphatic rings. The lowest BCUT2D eigenvalue weighted by atomic mass is 10.0. The molecular formula is C13H25N3O3. The Bertz CT molecular complexity index is 312. The van der Waals surface area contributed by atoms with E-state index in [1.807, 2.05) is 13.8 Å². The number of nitrogens with zero attached hydrogens (tertiary/aromatic N) is 2. The summed E-state index contributed by atoms with van der Waals surface area (Å²) in [6.45, 7) is 10.2. The topological polar surface area (TPSA) is 72.9 Å². The average Bonchev–Trinajstić information content (AvgIpc) is 2.36. The molecule has 0 unspecified atom stereocenters. The summed E-state index contributed by atoms with van der Waals surface area (Å²) < 4.78 is 0. The van der Waals surface area contributed by atoms with Crippen molar-refractivity contribution < 1.29 is 14.7 Å². The number of piperazine rings is 1. The van der Waals surface area contributed by atoms with Gasteiger partial charge in [-0.25, -0.2) is 4.79 Å². The van der Waals surface area contributed by atoms with Gasteiger partial charge in [0.15, 0.2) is 0 Å². The zero-order valence-corrected chi connectivity index (χ0v) is 12.1. The van der Waals surface area contributed by atoms with Crippen LogP contribution in [0.25, 0.3) is 0 Å². The molecule has 0 aliphatic carbocycles. The van der Waals surface area contributed by atoms with Crippen LogP contribution in [0, 0.1) is 5.92 Å². The minimum absolute atomic E-state index is 0.0909. The second kappa shape index (κ2) is 7.33. The second-order valence-corrected chi connectivity index (χ2v) is 5.39. The van der Waals surface area contributed by atoms with E-state index < -0.39 is 12.1 Å². The van der Waals surface area contributed by atoms with E-state index in [0.717, 1.165) is 19.6 Å². The lowest BCUT2D eigenvalue weighted by molar-refractivity contribution is -0.135. The molecule has 0 aromatic rings. The molecule has 0 saturated carbocycles. The number of hydrogen-bond donors (Lipinski definition) is 2. The molecule has 110 valence electrons. The maximum absolute atomic E-state index is 12.3. The third-order valence-corrected chi connectivity index (χ3v) is 3.43. The van der Waals surface area contributed by atoms with Crippen molar-refractivity contribution in [1.82, 2.24) is 15.1 Å². The van der Waals surface area contributed by atoms with Gasteiger partial charge in [0.2, 0.25) is 5.91 Å². The van der Waals surface area contributed by atoms with Crippen molar-refractivity contribution in [2.45, 2.75) is 33.2 Å². The molecular weight excluding hydrogens is 246 g/mol. The van der Waals surface area contributed by atoms with E-state index >= 15 is 0 Å². The van der Waals surface area contributed by atoms with Gasteiger partial charge in [-0.1, -0.05) is 20.8 Å². The summed E-state index contributed by atoms with van der Waals surface area (Å²) in [6.07, 6.45) is -0.592. The highest BCUT2D eigenvalue weighted by Gasteiger charge is 2.28. The first kappa shape index (κ1) is 15.8. The van der Waals surface area contributed by atoms with E-state index in [-0.39, 0.29) is 11.8 Å². The molecule has 1 rings (SSSR count). The molecule has 1 heterocycles. The van der Waals surface area contributed by atoms with Gasteiger partial charge in [-0.15, -0.1) is 0 Å². The first-order valence-corrected chi connectivity index (χ1v) is 6.94. The van der Waals surface area contributed by atoms with Crippen LogP contribution in [-0.4, -0.2) is 65.7 Å². The Hall–Kier alpha value is -1.30. The third-order valence-electron chi connectivity index (χ3n) is 3.43. The summed E-state index contributed by atoms with van der Waals surface area (Å²) in [7, 11) is 0. The fraction of sp³-hybridized carbons (Fsp3) is 0.846. The molecule has 0 spiro atoms. The highest BCUT2D eigenvalue weighted by atomic mass is 16.4. The summed E-state index contributed by atoms with van der Waals surface area (Å²) in [4.78, 5) is 27.2. The smallest absolute Gasteiger partial charge is 0.405 e. The van der Waals surface area contributed by atoms with E-state index in [9.17, 15) is 9.59 Å². The Balaban J connectivity index is 2.58. The summed E-state index contributed by atoms with van der Waals surface area (Å²) in [5.41, 5.74) is 0. The number of carboxylic acid groups (broad SMARTS) is 1. The first-order chi connectivity index (χ1) is 8.93. The zero-order chi connectivity index (χ0) is 14.4. The maximum atomic E-state index is 12.3. The van der Waals surface area contributed by atoms with Crippen LogP contribution in [0.15, 0.2) is 0 Å². The van der Waals surface area contributed by atoms with Crippen LogP contribution >= 0.6 is 0 Å². The Morgan fingerprint density at radius 3 is 2.21 bits per heavy atom. The fourth-order valence-corrected chi connectivity index (χ4v) is 2.35. The van der Waals surface area contributed by atoms with Crippen LogP contribution in [0.4, 0.5) is 4.79 Å². The molecule has 0 aromatic carbocycles. The molecule has 1 atom stereocenters. The lowest BCUT2D eigenvalue weighted by Crippen LogP contribution is -2.55. The summed E-state index contributed by atoms with van der Waals surface area (Å²) in [5, 5.41) is 11.2. The molecule has 6 nitrogen and oxygen atoms in total. The number of nitrogens with one attached hydrogen (secondary N) is 1. The molecule has 1 fully saturated rings. The number of hydrogen-bond acceptors (Lipinski definition) is 3. The van der Waals surface area contributed by atoms with Crippen molar-refractivity contribution in [3.63, 3.8) is 0 Å². The molecule has 1 saturated heterocycles. The normalized spacial score (nSPS) is 18.4. The first-order valence-electron chi connectivity index (χ1n) is 6.94. The SMILES string of the molecule is CCN1CCN(C(=O)[C@H](CC(C)C)NC(=O)O)CC1. The molecule has 19 heavy (non-hydrogen) atoms. The molecule has 2 amide bonds. The minimum Gasteiger partial charge on any atom is -0.465 e. The van der Waals surface area contributed by atoms with Crippen LogP contribution in [-0.2, 0) is 4.79 Å². The molecule has 0 aromatic heterocycles. The highest BCUT2D eigenvalue weighted by molar-refractivity contribution is 5.85. The Morgan fingerprint density at radius 1 is 1.21 bits per heavy atom. The van der Waals surface area contributed by atoms with E-state index in [1.165, 1.54) is 0 Å². The van der Waals surface area contributed by atoms with Crippen LogP contribution < -0.4 is 5.32 Å². The van der Waals surface area contributed by atoms with Crippen molar-refractivity contribution in [1.29, 1.82) is 0 Å². The van der Waals surface area contributed by atoms with Crippen molar-refractivity contribution in [3.05, 3.63) is 0 Å². The van der Waals surface area contributed by atoms with Crippen molar-refractivity contribution in [2.75, 3.05) is 32.7 Å². The average molecular weight is 271 g/mol. The van der Waals surface area contributed by atoms with Gasteiger partial charge < -0.3 is 20.2 Å². The Kier molecular flexibility index (Phi) is 6.08. The van der Waals surface area contributed by atoms with Crippen molar-refractivity contribution in [2.24, 2.45) is 5.92 Å². The van der Waals surface area contributed by atoms with Gasteiger partial charge >= 0.3 is 6.09 Å². The zero-order valence-electron chi connectivity index (χ0n) is 12.1. The predicted molar refractivity (Wildman–Crippen MR) is 73.1 cm³/mol. The third kappa shape index (κ3) is 5.06. The van der Waals surface area contributed by atoms with Crippen molar-refractivity contribution >= 4 is 12.0 Å². The van der Waals surface area contributed by atoms with Gasteiger partial charge in [-0.3, -0.25) is 4.79 Å². The number of likely N-dealkylation sites (N-methyl/N-ethyl adjacent to an activating group) is 1. The minimum atomic E-state index is -1.13. The van der Waals surface area contributed by atoms with Gasteiger partial charge in [0.25, 0.3) is 0 Å². The standard InChI is InChI=1S/C13H25N3O3/c1-4-15-5-7-16(8-6-15)12(17)11(9-10(2)3)14-13(18)19/h10-11,14H,4-9H2,1-3H3,(H,18,19)/t11-/m0/s1. The lowest BCUT2D eigenvalue weighted by Gasteiger charge is -2.36. The van der Waals surface area contributed by atoms with Gasteiger partial charge in [0.05, 0.1) is 0 Å². The van der Waals surface area contributed by atoms with Gasteiger partial charge in [0.1, 0.15) is 6.04 Å². The highest BCUT2D eigenvalue weighted by Crippen LogP contribution is 2.10. The molecule has 0 radical (unpaired) electrons. The Morgan fingerprint density at radius 2 is 1.79 bits per heavy atom. The Labute approximate surface area is 114 Å². The largest absolute Gasteiger partial charge is 0.465 e. The van der Waals surface area contributed by atoms with Gasteiger partial charge in [-0.2, -0.15) is 0 Å². The van der Waals surface area contributed by atoms with E-state index in [2.05, 4.69) is 17.1 Å². The number of rotatable bonds is 5. The molecule has 2 N–H and O–H groups in total. The number of amides is 2. The maximum Gasteiger partial charge on any atom is 0.405 e. The van der Waals surface area contributed by atoms with E-state index in [4.69, 9.17) is 5.11 Å². The summed E-state index contributed by atoms with van der Waals surface area (Å²) in [5.74, 6) is 0.185. The van der Waals surface area contributed by atoms with Crippen LogP contribution in [0.2, 0.25) is 0 Å². The fourth-order valence-electron chi connectivity index (χ4n) is 2.35. The number of carbonyl (C=O) groups is 2. The summed E-state index contributed by atoms with van der Waals surface area (Å²) in [6, 6.07) is -0.620. The predicted octanol–water partition coefficient (Wildman–Crippen LogP) is 0.833. The second-order valence-electron chi connectivity index (χ2n) is 5.39. The van der Waals surface area contributed by atoms with Crippen LogP contribution in [0.3, 0.4) is 0 Å². The molecule has 1 aliphatic heterocycles. The molecule has 0 bridgehead atoms. The number of carbonyl (C=O) groups excluding carboxylic acids is 1. The van der Waals surface area contributed by atoms with E-state index in [1.54, 1.807) is 4.90 Å². The quantitative estimate of drug-likeness (QED) is 0.777. The monoisotopic (exact) mass is 271 g/mol. The summed E-state index contributed by atoms with van der Waals surface area (Å²) >= 11 is 0. The van der Waals surface area contributed by atoms with Crippen LogP contribution in [0.5, 0.6) is 0 Å². The van der Waals surface area contributed by atoms with Crippen LogP contribution in [0.1, 0.15) is 27.2 Å². The van der Waals surface area contributed by atoms with E-state index in [0.29, 0.717) is 19.5 Å². The van der Waals surface area contributed by atoms with Crippen molar-refractivity contribution in [3.8, 4) is 0 Å².